The topological polar surface area (TPSA) is 49.3 Å². The molecular formula is C17H25NO2S. The van der Waals surface area contributed by atoms with Gasteiger partial charge in [-0.05, 0) is 50.7 Å². The summed E-state index contributed by atoms with van der Waals surface area (Å²) in [6.45, 7) is 4.65. The summed E-state index contributed by atoms with van der Waals surface area (Å²) >= 11 is 1.53. The monoisotopic (exact) mass is 307 g/mol. The van der Waals surface area contributed by atoms with Gasteiger partial charge in [0.15, 0.2) is 0 Å². The van der Waals surface area contributed by atoms with Gasteiger partial charge >= 0.3 is 0 Å². The van der Waals surface area contributed by atoms with Gasteiger partial charge in [0.25, 0.3) is 0 Å². The fourth-order valence-corrected chi connectivity index (χ4v) is 3.30. The van der Waals surface area contributed by atoms with Crippen LogP contribution in [0.5, 0.6) is 0 Å². The number of carbonyl (C=O) groups excluding carboxylic acids is 1. The lowest BCUT2D eigenvalue weighted by molar-refractivity contribution is -0.120. The number of aliphatic hydroxyl groups is 1. The molecule has 1 aromatic carbocycles. The van der Waals surface area contributed by atoms with Crippen LogP contribution in [0.3, 0.4) is 0 Å². The third-order valence-electron chi connectivity index (χ3n) is 4.21. The molecule has 1 fully saturated rings. The molecule has 2 N–H and O–H groups in total. The van der Waals surface area contributed by atoms with Crippen molar-refractivity contribution >= 4 is 17.7 Å². The summed E-state index contributed by atoms with van der Waals surface area (Å²) in [6.07, 6.45) is 3.67. The molecule has 0 unspecified atom stereocenters. The van der Waals surface area contributed by atoms with Crippen LogP contribution in [-0.2, 0) is 4.79 Å². The van der Waals surface area contributed by atoms with Crippen LogP contribution in [0.4, 0.5) is 0 Å². The lowest BCUT2D eigenvalue weighted by Crippen LogP contribution is -2.45. The maximum absolute atomic E-state index is 11.9. The first-order chi connectivity index (χ1) is 9.97. The molecule has 3 nitrogen and oxygen atoms in total. The molecule has 0 atom stereocenters. The van der Waals surface area contributed by atoms with Crippen LogP contribution in [0.25, 0.3) is 0 Å². The van der Waals surface area contributed by atoms with Crippen molar-refractivity contribution < 1.29 is 9.90 Å². The number of thioether (sulfide) groups is 1. The van der Waals surface area contributed by atoms with E-state index < -0.39 is 5.60 Å². The molecule has 4 heteroatoms. The summed E-state index contributed by atoms with van der Waals surface area (Å²) in [6, 6.07) is 8.16. The Hall–Kier alpha value is -1.00. The van der Waals surface area contributed by atoms with Crippen LogP contribution in [0, 0.1) is 12.8 Å². The Morgan fingerprint density at radius 3 is 2.57 bits per heavy atom. The van der Waals surface area contributed by atoms with Crippen LogP contribution in [0.1, 0.15) is 38.2 Å². The van der Waals surface area contributed by atoms with Crippen LogP contribution in [0.15, 0.2) is 29.2 Å². The molecule has 1 aliphatic rings. The smallest absolute Gasteiger partial charge is 0.230 e. The quantitative estimate of drug-likeness (QED) is 0.822. The zero-order valence-electron chi connectivity index (χ0n) is 12.9. The van der Waals surface area contributed by atoms with Crippen molar-refractivity contribution in [2.45, 2.75) is 50.0 Å². The highest BCUT2D eigenvalue weighted by molar-refractivity contribution is 8.00. The zero-order valence-corrected chi connectivity index (χ0v) is 13.7. The predicted molar refractivity (Wildman–Crippen MR) is 87.5 cm³/mol. The normalized spacial score (nSPS) is 25.6. The lowest BCUT2D eigenvalue weighted by atomic mass is 9.79. The summed E-state index contributed by atoms with van der Waals surface area (Å²) in [4.78, 5) is 13.0. The van der Waals surface area contributed by atoms with Crippen molar-refractivity contribution in [2.24, 2.45) is 5.92 Å². The van der Waals surface area contributed by atoms with Crippen LogP contribution < -0.4 is 5.32 Å². The Kier molecular flexibility index (Phi) is 5.71. The molecular weight excluding hydrogens is 282 g/mol. The van der Waals surface area contributed by atoms with Gasteiger partial charge in [0.2, 0.25) is 5.91 Å². The first kappa shape index (κ1) is 16.4. The molecule has 0 radical (unpaired) electrons. The number of carbonyl (C=O) groups is 1. The third-order valence-corrected chi connectivity index (χ3v) is 5.22. The maximum atomic E-state index is 11.9. The van der Waals surface area contributed by atoms with E-state index in [-0.39, 0.29) is 5.91 Å². The van der Waals surface area contributed by atoms with Crippen LogP contribution >= 0.6 is 11.8 Å². The Morgan fingerprint density at radius 1 is 1.33 bits per heavy atom. The van der Waals surface area contributed by atoms with Crippen molar-refractivity contribution in [1.29, 1.82) is 0 Å². The SMILES string of the molecule is Cc1ccc(SCC(=O)NCC2(O)CCC(C)CC2)cc1. The van der Waals surface area contributed by atoms with E-state index in [1.165, 1.54) is 17.3 Å². The fraction of sp³-hybridized carbons (Fsp3) is 0.588. The van der Waals surface area contributed by atoms with Crippen molar-refractivity contribution in [3.05, 3.63) is 29.8 Å². The van der Waals surface area contributed by atoms with E-state index in [4.69, 9.17) is 0 Å². The third kappa shape index (κ3) is 5.36. The predicted octanol–water partition coefficient (Wildman–Crippen LogP) is 3.14. The molecule has 0 bridgehead atoms. The average Bonchev–Trinajstić information content (AvgIpc) is 2.48. The standard InChI is InChI=1S/C17H25NO2S/c1-13-3-5-15(6-4-13)21-11-16(19)18-12-17(20)9-7-14(2)8-10-17/h3-6,14,20H,7-12H2,1-2H3,(H,18,19). The maximum Gasteiger partial charge on any atom is 0.230 e. The minimum Gasteiger partial charge on any atom is -0.388 e. The lowest BCUT2D eigenvalue weighted by Gasteiger charge is -2.34. The van der Waals surface area contributed by atoms with Gasteiger partial charge in [-0.3, -0.25) is 4.79 Å². The molecule has 1 saturated carbocycles. The minimum absolute atomic E-state index is 0.00683. The number of nitrogens with one attached hydrogen (secondary N) is 1. The number of benzene rings is 1. The number of aryl methyl sites for hydroxylation is 1. The Bertz CT molecular complexity index is 464. The molecule has 21 heavy (non-hydrogen) atoms. The van der Waals surface area contributed by atoms with Gasteiger partial charge in [0.05, 0.1) is 11.4 Å². The summed E-state index contributed by atoms with van der Waals surface area (Å²) in [7, 11) is 0. The average molecular weight is 307 g/mol. The Labute approximate surface area is 131 Å². The van der Waals surface area contributed by atoms with Crippen molar-refractivity contribution in [3.8, 4) is 0 Å². The first-order valence-electron chi connectivity index (χ1n) is 7.65. The van der Waals surface area contributed by atoms with E-state index in [9.17, 15) is 9.90 Å². The van der Waals surface area contributed by atoms with Gasteiger partial charge in [0.1, 0.15) is 0 Å². The summed E-state index contributed by atoms with van der Waals surface area (Å²) in [5.41, 5.74) is 0.522. The molecule has 2 rings (SSSR count). The molecule has 0 aromatic heterocycles. The molecule has 116 valence electrons. The van der Waals surface area contributed by atoms with E-state index in [0.29, 0.717) is 18.2 Å². The number of hydrogen-bond acceptors (Lipinski definition) is 3. The first-order valence-corrected chi connectivity index (χ1v) is 8.64. The van der Waals surface area contributed by atoms with Crippen molar-refractivity contribution in [1.82, 2.24) is 5.32 Å². The molecule has 0 saturated heterocycles. The van der Waals surface area contributed by atoms with E-state index in [1.807, 2.05) is 31.2 Å². The van der Waals surface area contributed by atoms with Gasteiger partial charge in [-0.25, -0.2) is 0 Å². The Balaban J connectivity index is 1.71. The van der Waals surface area contributed by atoms with Gasteiger partial charge in [-0.1, -0.05) is 24.6 Å². The summed E-state index contributed by atoms with van der Waals surface area (Å²) < 4.78 is 0. The fourth-order valence-electron chi connectivity index (χ4n) is 2.57. The minimum atomic E-state index is -0.698. The zero-order chi connectivity index (χ0) is 15.3. The van der Waals surface area contributed by atoms with E-state index in [0.717, 1.165) is 30.6 Å². The molecule has 1 aliphatic carbocycles. The Morgan fingerprint density at radius 2 is 1.95 bits per heavy atom. The highest BCUT2D eigenvalue weighted by atomic mass is 32.2. The van der Waals surface area contributed by atoms with E-state index >= 15 is 0 Å². The number of amides is 1. The highest BCUT2D eigenvalue weighted by Gasteiger charge is 2.31. The molecule has 1 amide bonds. The molecule has 0 heterocycles. The largest absolute Gasteiger partial charge is 0.388 e. The van der Waals surface area contributed by atoms with E-state index in [1.54, 1.807) is 0 Å². The van der Waals surface area contributed by atoms with Crippen molar-refractivity contribution in [3.63, 3.8) is 0 Å². The summed E-state index contributed by atoms with van der Waals surface area (Å²) in [5, 5.41) is 13.3. The van der Waals surface area contributed by atoms with E-state index in [2.05, 4.69) is 12.2 Å². The number of rotatable bonds is 5. The second-order valence-electron chi connectivity index (χ2n) is 6.29. The molecule has 0 spiro atoms. The van der Waals surface area contributed by atoms with Gasteiger partial charge in [0, 0.05) is 11.4 Å². The molecule has 0 aliphatic heterocycles. The number of hydrogen-bond donors (Lipinski definition) is 2. The molecule has 1 aromatic rings. The second kappa shape index (κ2) is 7.32. The second-order valence-corrected chi connectivity index (χ2v) is 7.33. The van der Waals surface area contributed by atoms with Gasteiger partial charge < -0.3 is 10.4 Å². The van der Waals surface area contributed by atoms with Gasteiger partial charge in [-0.2, -0.15) is 0 Å². The van der Waals surface area contributed by atoms with Gasteiger partial charge in [-0.15, -0.1) is 11.8 Å². The highest BCUT2D eigenvalue weighted by Crippen LogP contribution is 2.31. The van der Waals surface area contributed by atoms with Crippen LogP contribution in [0.2, 0.25) is 0 Å². The van der Waals surface area contributed by atoms with Crippen LogP contribution in [-0.4, -0.2) is 28.9 Å². The van der Waals surface area contributed by atoms with Crippen molar-refractivity contribution in [2.75, 3.05) is 12.3 Å². The summed E-state index contributed by atoms with van der Waals surface area (Å²) in [5.74, 6) is 1.08.